The number of aliphatic carboxylic acids is 2. The van der Waals surface area contributed by atoms with Crippen LogP contribution < -0.4 is 54.0 Å². The van der Waals surface area contributed by atoms with E-state index in [9.17, 15) is 63.0 Å². The number of rotatable bonds is 30. The number of H-pyrrole nitrogens is 1. The van der Waals surface area contributed by atoms with Crippen molar-refractivity contribution in [2.24, 2.45) is 17.4 Å². The molecule has 9 amide bonds. The minimum Gasteiger partial charge on any atom is -0.508 e. The van der Waals surface area contributed by atoms with E-state index in [0.717, 1.165) is 0 Å². The lowest BCUT2D eigenvalue weighted by Crippen LogP contribution is -2.59. The Hall–Kier alpha value is -7.74. The van der Waals surface area contributed by atoms with Crippen LogP contribution in [0.4, 0.5) is 0 Å². The number of benzene rings is 2. The number of carbonyl (C=O) groups is 11. The smallest absolute Gasteiger partial charge is 0.322 e. The third-order valence-corrected chi connectivity index (χ3v) is 11.2. The Morgan fingerprint density at radius 3 is 1.80 bits per heavy atom. The minimum atomic E-state index is -1.80. The Morgan fingerprint density at radius 2 is 1.20 bits per heavy atom. The molecule has 6 atom stereocenters. The van der Waals surface area contributed by atoms with Crippen molar-refractivity contribution < 1.29 is 68.1 Å². The quantitative estimate of drug-likeness (QED) is 0.0316. The van der Waals surface area contributed by atoms with Gasteiger partial charge in [-0.05, 0) is 60.1 Å². The zero-order valence-electron chi connectivity index (χ0n) is 39.2. The highest BCUT2D eigenvalue weighted by Gasteiger charge is 2.33. The predicted octanol–water partition coefficient (Wildman–Crippen LogP) is -3.01. The van der Waals surface area contributed by atoms with E-state index in [1.54, 1.807) is 50.6 Å². The molecular weight excluding hydrogens is 951 g/mol. The number of nitrogens with one attached hydrogen (secondary N) is 9. The highest BCUT2D eigenvalue weighted by Crippen LogP contribution is 2.20. The van der Waals surface area contributed by atoms with Gasteiger partial charge in [-0.25, -0.2) is 0 Å². The number of fused-ring (bicyclic) bond motifs is 1. The number of amides is 9. The van der Waals surface area contributed by atoms with Crippen LogP contribution in [0.2, 0.25) is 0 Å². The minimum absolute atomic E-state index is 0.0617. The number of aromatic nitrogens is 1. The number of nitrogens with two attached hydrogens (primary N) is 2. The van der Waals surface area contributed by atoms with Gasteiger partial charge in [-0.3, -0.25) is 52.7 Å². The number of phenols is 1. The Labute approximate surface area is 411 Å². The van der Waals surface area contributed by atoms with Crippen molar-refractivity contribution in [2.75, 3.05) is 31.6 Å². The summed E-state index contributed by atoms with van der Waals surface area (Å²) in [5.41, 5.74) is 12.6. The van der Waals surface area contributed by atoms with Crippen LogP contribution in [-0.2, 0) is 65.6 Å². The molecule has 1 heterocycles. The van der Waals surface area contributed by atoms with Gasteiger partial charge < -0.3 is 74.3 Å². The molecule has 0 saturated carbocycles. The van der Waals surface area contributed by atoms with E-state index in [2.05, 4.69) is 47.5 Å². The molecule has 3 aromatic rings. The molecule has 16 N–H and O–H groups in total. The maximum absolute atomic E-state index is 14.0. The largest absolute Gasteiger partial charge is 0.508 e. The van der Waals surface area contributed by atoms with Crippen molar-refractivity contribution in [3.8, 4) is 5.75 Å². The van der Waals surface area contributed by atoms with Crippen LogP contribution in [0.3, 0.4) is 0 Å². The first-order valence-corrected chi connectivity index (χ1v) is 23.6. The Kier molecular flexibility index (Phi) is 23.3. The van der Waals surface area contributed by atoms with E-state index >= 15 is 0 Å². The fraction of sp³-hybridized carbons (Fsp3) is 0.444. The third-order valence-electron chi connectivity index (χ3n) is 10.6. The lowest BCUT2D eigenvalue weighted by molar-refractivity contribution is -0.141. The lowest BCUT2D eigenvalue weighted by atomic mass is 10.0. The molecule has 25 nitrogen and oxygen atoms in total. The van der Waals surface area contributed by atoms with E-state index < -0.39 is 133 Å². The second kappa shape index (κ2) is 28.7. The molecule has 0 bridgehead atoms. The van der Waals surface area contributed by atoms with Crippen molar-refractivity contribution in [1.29, 1.82) is 0 Å². The molecule has 0 aliphatic rings. The molecule has 0 radical (unpaired) electrons. The average molecular weight is 1010 g/mol. The fourth-order valence-corrected chi connectivity index (χ4v) is 7.28. The second-order valence-corrected chi connectivity index (χ2v) is 17.6. The van der Waals surface area contributed by atoms with Crippen LogP contribution >= 0.6 is 11.8 Å². The van der Waals surface area contributed by atoms with Gasteiger partial charge in [0.2, 0.25) is 53.2 Å². The summed E-state index contributed by atoms with van der Waals surface area (Å²) < 4.78 is 0. The molecule has 0 spiro atoms. The molecule has 26 heteroatoms. The topological polar surface area (TPSA) is 413 Å². The van der Waals surface area contributed by atoms with Crippen LogP contribution in [-0.4, -0.2) is 153 Å². The Bertz CT molecular complexity index is 2400. The molecule has 0 saturated heterocycles. The summed E-state index contributed by atoms with van der Waals surface area (Å²) in [6.07, 6.45) is 1.92. The number of phenolic OH excluding ortho intramolecular Hbond substituents is 1. The monoisotopic (exact) mass is 1010 g/mol. The highest BCUT2D eigenvalue weighted by atomic mass is 32.2. The molecule has 0 fully saturated rings. The Morgan fingerprint density at radius 1 is 0.634 bits per heavy atom. The maximum atomic E-state index is 14.0. The van der Waals surface area contributed by atoms with Crippen molar-refractivity contribution in [2.45, 2.75) is 88.6 Å². The van der Waals surface area contributed by atoms with Crippen LogP contribution in [0.25, 0.3) is 10.9 Å². The van der Waals surface area contributed by atoms with E-state index in [4.69, 9.17) is 16.6 Å². The van der Waals surface area contributed by atoms with E-state index in [1.165, 1.54) is 36.0 Å². The summed E-state index contributed by atoms with van der Waals surface area (Å²) in [4.78, 5) is 144. The van der Waals surface area contributed by atoms with Gasteiger partial charge in [-0.1, -0.05) is 44.2 Å². The number of aromatic amines is 1. The number of thioether (sulfide) groups is 1. The maximum Gasteiger partial charge on any atom is 0.322 e. The van der Waals surface area contributed by atoms with Gasteiger partial charge in [-0.2, -0.15) is 11.8 Å². The molecule has 0 aliphatic heterocycles. The first kappa shape index (κ1) is 57.6. The van der Waals surface area contributed by atoms with Gasteiger partial charge in [0.1, 0.15) is 42.5 Å². The second-order valence-electron chi connectivity index (χ2n) is 16.6. The normalized spacial score (nSPS) is 13.5. The first-order valence-electron chi connectivity index (χ1n) is 22.2. The molecule has 2 aromatic carbocycles. The number of primary amides is 1. The number of carbonyl (C=O) groups excluding carboxylic acids is 9. The fourth-order valence-electron chi connectivity index (χ4n) is 6.81. The Balaban J connectivity index is 1.75. The summed E-state index contributed by atoms with van der Waals surface area (Å²) in [6, 6.07) is 4.39. The summed E-state index contributed by atoms with van der Waals surface area (Å²) in [5.74, 6) is -11.1. The molecule has 3 rings (SSSR count). The highest BCUT2D eigenvalue weighted by molar-refractivity contribution is 7.98. The predicted molar refractivity (Wildman–Crippen MR) is 257 cm³/mol. The van der Waals surface area contributed by atoms with Gasteiger partial charge >= 0.3 is 11.9 Å². The summed E-state index contributed by atoms with van der Waals surface area (Å²) in [7, 11) is 0. The number of aromatic hydroxyl groups is 1. The summed E-state index contributed by atoms with van der Waals surface area (Å²) in [6.45, 7) is 0.899. The van der Waals surface area contributed by atoms with Crippen molar-refractivity contribution in [1.82, 2.24) is 47.5 Å². The molecule has 71 heavy (non-hydrogen) atoms. The first-order chi connectivity index (χ1) is 33.6. The van der Waals surface area contributed by atoms with Gasteiger partial charge in [-0.15, -0.1) is 0 Å². The lowest BCUT2D eigenvalue weighted by Gasteiger charge is -2.27. The van der Waals surface area contributed by atoms with Crippen LogP contribution in [0, 0.1) is 5.92 Å². The molecular formula is C45H61N11O14S. The van der Waals surface area contributed by atoms with Gasteiger partial charge in [0.25, 0.3) is 0 Å². The van der Waals surface area contributed by atoms with Gasteiger partial charge in [0.15, 0.2) is 0 Å². The zero-order chi connectivity index (χ0) is 52.8. The number of carboxylic acids is 2. The van der Waals surface area contributed by atoms with E-state index in [1.807, 2.05) is 0 Å². The number of para-hydroxylation sites is 1. The van der Waals surface area contributed by atoms with E-state index in [0.29, 0.717) is 27.8 Å². The molecule has 0 aliphatic carbocycles. The molecule has 0 unspecified atom stereocenters. The van der Waals surface area contributed by atoms with Crippen molar-refractivity contribution in [3.05, 3.63) is 65.9 Å². The standard InChI is InChI=1S/C45H61N11O14S/c1-23(2)39(56-43(68)30(14-15-71-3)52-35(59)20-49-40(65)28(46)12-13-34(47)58)45(70)55-33(18-37(61)62)42(67)50-21-36(60)53-32(17-25-19-48-29-7-5-4-6-27(25)29)44(69)54-31(41(66)51-22-38(63)64)16-24-8-10-26(57)11-9-24/h4-11,19,23,28,30-33,39,48,57H,12-18,20-22,46H2,1-3H3,(H2,47,58)(H,49,65)(H,50,67)(H,51,66)(H,52,59)(H,53,60)(H,54,69)(H,55,70)(H,56,68)(H,61,62)(H,63,64)/t28-,30-,31-,32-,33-,39-/m0/s1. The number of hydrogen-bond donors (Lipinski definition) is 14. The third kappa shape index (κ3) is 20.0. The zero-order valence-corrected chi connectivity index (χ0v) is 40.0. The summed E-state index contributed by atoms with van der Waals surface area (Å²) >= 11 is 1.35. The van der Waals surface area contributed by atoms with Gasteiger partial charge in [0.05, 0.1) is 25.6 Å². The number of carboxylic acid groups (broad SMARTS) is 2. The molecule has 1 aromatic heterocycles. The summed E-state index contributed by atoms with van der Waals surface area (Å²) in [5, 5.41) is 48.5. The average Bonchev–Trinajstić information content (AvgIpc) is 3.73. The van der Waals surface area contributed by atoms with Gasteiger partial charge in [0, 0.05) is 36.4 Å². The SMILES string of the molecule is CSCC[C@H](NC(=O)CNC(=O)[C@@H](N)CCC(N)=O)C(=O)N[C@H](C(=O)N[C@@H](CC(=O)O)C(=O)NCC(=O)N[C@@H](Cc1c[nH]c2ccccc12)C(=O)N[C@@H](Cc1ccc(O)cc1)C(=O)NCC(=O)O)C(C)C. The number of hydrogen-bond acceptors (Lipinski definition) is 14. The molecule has 386 valence electrons. The van der Waals surface area contributed by atoms with Crippen LogP contribution in [0.1, 0.15) is 50.7 Å². The van der Waals surface area contributed by atoms with Crippen LogP contribution in [0.15, 0.2) is 54.7 Å². The van der Waals surface area contributed by atoms with Crippen molar-refractivity contribution in [3.63, 3.8) is 0 Å². The van der Waals surface area contributed by atoms with E-state index in [-0.39, 0.29) is 37.9 Å². The van der Waals surface area contributed by atoms with Crippen molar-refractivity contribution >= 4 is 87.8 Å². The van der Waals surface area contributed by atoms with Crippen LogP contribution in [0.5, 0.6) is 5.75 Å².